The first kappa shape index (κ1) is 31.4. The molecule has 0 unspecified atom stereocenters. The second-order valence-corrected chi connectivity index (χ2v) is 14.2. The van der Waals surface area contributed by atoms with Gasteiger partial charge in [-0.2, -0.15) is 5.10 Å². The van der Waals surface area contributed by atoms with E-state index in [4.69, 9.17) is 14.8 Å². The van der Waals surface area contributed by atoms with E-state index in [1.54, 1.807) is 0 Å². The highest BCUT2D eigenvalue weighted by Gasteiger charge is 2.18. The monoisotopic (exact) mass is 632 g/mol. The molecule has 7 aromatic rings. The minimum absolute atomic E-state index is 0.286. The number of pyridine rings is 1. The second kappa shape index (κ2) is 12.5. The highest BCUT2D eigenvalue weighted by Crippen LogP contribution is 2.37. The number of aromatic nitrogens is 4. The Balaban J connectivity index is 1.31. The number of nitrogens with zero attached hydrogens (tertiary/aromatic N) is 4. The van der Waals surface area contributed by atoms with Gasteiger partial charge >= 0.3 is 0 Å². The maximum atomic E-state index is 6.69. The molecule has 5 nitrogen and oxygen atoms in total. The molecule has 0 atom stereocenters. The van der Waals surface area contributed by atoms with Gasteiger partial charge in [0.15, 0.2) is 0 Å². The lowest BCUT2D eigenvalue weighted by atomic mass is 9.88. The average molecular weight is 633 g/mol. The third kappa shape index (κ3) is 6.13. The summed E-state index contributed by atoms with van der Waals surface area (Å²) in [5.41, 5.74) is 11.7. The van der Waals surface area contributed by atoms with E-state index in [9.17, 15) is 0 Å². The Morgan fingerprint density at radius 1 is 0.729 bits per heavy atom. The van der Waals surface area contributed by atoms with Gasteiger partial charge in [-0.3, -0.25) is 4.57 Å². The summed E-state index contributed by atoms with van der Waals surface area (Å²) < 4.78 is 11.0. The van der Waals surface area contributed by atoms with Crippen molar-refractivity contribution in [2.24, 2.45) is 5.41 Å². The van der Waals surface area contributed by atoms with Gasteiger partial charge in [-0.15, -0.1) is 0 Å². The molecule has 0 saturated heterocycles. The Bertz CT molecular complexity index is 2270. The largest absolute Gasteiger partial charge is 0.457 e. The fourth-order valence-electron chi connectivity index (χ4n) is 6.76. The molecule has 242 valence electrons. The van der Waals surface area contributed by atoms with Gasteiger partial charge in [0.2, 0.25) is 0 Å². The molecule has 7 rings (SSSR count). The molecular weight excluding hydrogens is 589 g/mol. The van der Waals surface area contributed by atoms with E-state index < -0.39 is 0 Å². The molecule has 0 saturated carbocycles. The lowest BCUT2D eigenvalue weighted by Gasteiger charge is -2.17. The van der Waals surface area contributed by atoms with Crippen LogP contribution in [0.5, 0.6) is 11.5 Å². The van der Waals surface area contributed by atoms with Crippen LogP contribution in [-0.2, 0) is 12.8 Å². The van der Waals surface area contributed by atoms with Crippen LogP contribution < -0.4 is 4.74 Å². The lowest BCUT2D eigenvalue weighted by molar-refractivity contribution is 0.378. The SMILES string of the molecule is CCc1cc(Oc2ccc3c4cc(CCC(C)(C)C)ccc4n(-c4cc(C)ccn4)c3c2)cc(-n2nc(C)c(-c3ccccc3)c2C)c1. The molecule has 0 spiro atoms. The minimum Gasteiger partial charge on any atom is -0.457 e. The Labute approximate surface area is 283 Å². The van der Waals surface area contributed by atoms with Crippen LogP contribution in [0.25, 0.3) is 44.4 Å². The normalized spacial score (nSPS) is 11.9. The second-order valence-electron chi connectivity index (χ2n) is 14.2. The maximum Gasteiger partial charge on any atom is 0.137 e. The van der Waals surface area contributed by atoms with Gasteiger partial charge in [0.05, 0.1) is 22.4 Å². The molecule has 0 aliphatic rings. The fourth-order valence-corrected chi connectivity index (χ4v) is 6.76. The molecule has 0 amide bonds. The summed E-state index contributed by atoms with van der Waals surface area (Å²) in [7, 11) is 0. The number of fused-ring (bicyclic) bond motifs is 3. The van der Waals surface area contributed by atoms with E-state index in [0.29, 0.717) is 0 Å². The number of aryl methyl sites for hydroxylation is 4. The van der Waals surface area contributed by atoms with Crippen LogP contribution in [0.1, 0.15) is 62.2 Å². The molecule has 0 N–H and O–H groups in total. The first-order valence-electron chi connectivity index (χ1n) is 17.0. The number of rotatable bonds is 8. The van der Waals surface area contributed by atoms with Gasteiger partial charge in [-0.05, 0) is 116 Å². The maximum absolute atomic E-state index is 6.69. The minimum atomic E-state index is 0.286. The van der Waals surface area contributed by atoms with Crippen molar-refractivity contribution in [1.82, 2.24) is 19.3 Å². The Hall–Kier alpha value is -5.16. The van der Waals surface area contributed by atoms with Crippen LogP contribution in [0.15, 0.2) is 103 Å². The van der Waals surface area contributed by atoms with Crippen LogP contribution in [0.4, 0.5) is 0 Å². The van der Waals surface area contributed by atoms with E-state index >= 15 is 0 Å². The van der Waals surface area contributed by atoms with Crippen LogP contribution in [-0.4, -0.2) is 19.3 Å². The van der Waals surface area contributed by atoms with Crippen LogP contribution >= 0.6 is 0 Å². The zero-order valence-electron chi connectivity index (χ0n) is 29.1. The van der Waals surface area contributed by atoms with Gasteiger partial charge in [0.1, 0.15) is 17.3 Å². The summed E-state index contributed by atoms with van der Waals surface area (Å²) in [6.07, 6.45) is 4.96. The number of ether oxygens (including phenoxy) is 1. The summed E-state index contributed by atoms with van der Waals surface area (Å²) in [6.45, 7) is 15.4. The molecule has 3 heterocycles. The van der Waals surface area contributed by atoms with Crippen molar-refractivity contribution in [3.05, 3.63) is 131 Å². The Kier molecular flexibility index (Phi) is 8.16. The highest BCUT2D eigenvalue weighted by molar-refractivity contribution is 6.09. The van der Waals surface area contributed by atoms with E-state index in [1.165, 1.54) is 38.6 Å². The van der Waals surface area contributed by atoms with Crippen molar-refractivity contribution >= 4 is 21.8 Å². The molecular formula is C43H44N4O. The summed E-state index contributed by atoms with van der Waals surface area (Å²) in [6, 6.07) is 34.5. The van der Waals surface area contributed by atoms with Crippen molar-refractivity contribution in [3.8, 4) is 34.1 Å². The van der Waals surface area contributed by atoms with Gasteiger partial charge in [0.25, 0.3) is 0 Å². The van der Waals surface area contributed by atoms with Crippen molar-refractivity contribution in [2.45, 2.75) is 67.7 Å². The summed E-state index contributed by atoms with van der Waals surface area (Å²) in [4.78, 5) is 4.81. The van der Waals surface area contributed by atoms with Crippen molar-refractivity contribution < 1.29 is 4.74 Å². The first-order chi connectivity index (χ1) is 23.1. The molecule has 48 heavy (non-hydrogen) atoms. The Morgan fingerprint density at radius 2 is 1.54 bits per heavy atom. The van der Waals surface area contributed by atoms with Crippen LogP contribution in [0, 0.1) is 26.2 Å². The third-order valence-electron chi connectivity index (χ3n) is 9.29. The van der Waals surface area contributed by atoms with Gasteiger partial charge in [-0.1, -0.05) is 64.1 Å². The van der Waals surface area contributed by atoms with E-state index in [1.807, 2.05) is 23.0 Å². The number of benzene rings is 4. The van der Waals surface area contributed by atoms with Gasteiger partial charge in [-0.25, -0.2) is 9.67 Å². The third-order valence-corrected chi connectivity index (χ3v) is 9.29. The summed E-state index contributed by atoms with van der Waals surface area (Å²) in [5.74, 6) is 2.48. The standard InChI is InChI=1S/C43H44N4O/c1-8-31-23-34(47-30(4)42(29(3)45-47)33-12-10-9-11-13-33)26-36(24-31)48-35-15-16-37-38-25-32(18-20-43(5,6)7)14-17-39(38)46(40(37)27-35)41-22-28(2)19-21-44-41/h9-17,19,21-27H,8,18,20H2,1-7H3. The van der Waals surface area contributed by atoms with E-state index in [2.05, 4.69) is 138 Å². The van der Waals surface area contributed by atoms with Crippen molar-refractivity contribution in [3.63, 3.8) is 0 Å². The number of hydrogen-bond acceptors (Lipinski definition) is 3. The molecule has 0 fully saturated rings. The summed E-state index contributed by atoms with van der Waals surface area (Å²) >= 11 is 0. The lowest BCUT2D eigenvalue weighted by Crippen LogP contribution is -2.06. The van der Waals surface area contributed by atoms with Crippen molar-refractivity contribution in [1.29, 1.82) is 0 Å². The predicted octanol–water partition coefficient (Wildman–Crippen LogP) is 11.3. The molecule has 0 bridgehead atoms. The average Bonchev–Trinajstić information content (AvgIpc) is 3.55. The smallest absolute Gasteiger partial charge is 0.137 e. The van der Waals surface area contributed by atoms with Gasteiger partial charge < -0.3 is 4.74 Å². The zero-order chi connectivity index (χ0) is 33.6. The van der Waals surface area contributed by atoms with Crippen molar-refractivity contribution in [2.75, 3.05) is 0 Å². The molecule has 4 aromatic carbocycles. The van der Waals surface area contributed by atoms with E-state index in [-0.39, 0.29) is 5.41 Å². The molecule has 0 aliphatic carbocycles. The zero-order valence-corrected chi connectivity index (χ0v) is 29.1. The molecule has 3 aromatic heterocycles. The number of hydrogen-bond donors (Lipinski definition) is 0. The van der Waals surface area contributed by atoms with Gasteiger partial charge in [0, 0.05) is 40.4 Å². The van der Waals surface area contributed by atoms with Crippen LogP contribution in [0.2, 0.25) is 0 Å². The Morgan fingerprint density at radius 3 is 2.29 bits per heavy atom. The first-order valence-corrected chi connectivity index (χ1v) is 17.0. The summed E-state index contributed by atoms with van der Waals surface area (Å²) in [5, 5.41) is 7.41. The predicted molar refractivity (Wildman–Crippen MR) is 199 cm³/mol. The topological polar surface area (TPSA) is 44.9 Å². The fraction of sp³-hybridized carbons (Fsp3) is 0.256. The van der Waals surface area contributed by atoms with E-state index in [0.717, 1.165) is 64.7 Å². The quantitative estimate of drug-likeness (QED) is 0.167. The highest BCUT2D eigenvalue weighted by atomic mass is 16.5. The molecule has 5 heteroatoms. The molecule has 0 aliphatic heterocycles. The molecule has 0 radical (unpaired) electrons. The van der Waals surface area contributed by atoms with Crippen LogP contribution in [0.3, 0.4) is 0 Å².